The SMILES string of the molecule is CC(C)[C@H](C)NC(=O)CSc1nc2sc3c(c2c(=O)n1C)CCCC3. The van der Waals surface area contributed by atoms with E-state index < -0.39 is 0 Å². The number of hydrogen-bond donors (Lipinski definition) is 1. The molecule has 0 bridgehead atoms. The van der Waals surface area contributed by atoms with E-state index >= 15 is 0 Å². The van der Waals surface area contributed by atoms with E-state index in [0.29, 0.717) is 11.1 Å². The predicted molar refractivity (Wildman–Crippen MR) is 105 cm³/mol. The van der Waals surface area contributed by atoms with Gasteiger partial charge in [-0.3, -0.25) is 14.2 Å². The van der Waals surface area contributed by atoms with Crippen molar-refractivity contribution in [2.24, 2.45) is 13.0 Å². The van der Waals surface area contributed by atoms with Crippen molar-refractivity contribution >= 4 is 39.2 Å². The highest BCUT2D eigenvalue weighted by Crippen LogP contribution is 2.34. The Morgan fingerprint density at radius 1 is 1.32 bits per heavy atom. The average molecular weight is 380 g/mol. The van der Waals surface area contributed by atoms with Crippen LogP contribution in [0, 0.1) is 5.92 Å². The van der Waals surface area contributed by atoms with E-state index in [0.717, 1.165) is 29.5 Å². The molecule has 1 N–H and O–H groups in total. The highest BCUT2D eigenvalue weighted by Gasteiger charge is 2.21. The number of thiophene rings is 1. The molecule has 136 valence electrons. The lowest BCUT2D eigenvalue weighted by atomic mass is 9.97. The van der Waals surface area contributed by atoms with Gasteiger partial charge in [-0.15, -0.1) is 11.3 Å². The van der Waals surface area contributed by atoms with Gasteiger partial charge in [-0.05, 0) is 44.1 Å². The maximum absolute atomic E-state index is 12.8. The van der Waals surface area contributed by atoms with Crippen LogP contribution in [0.2, 0.25) is 0 Å². The van der Waals surface area contributed by atoms with Gasteiger partial charge in [0.2, 0.25) is 5.91 Å². The molecule has 1 amide bonds. The first-order valence-electron chi connectivity index (χ1n) is 8.82. The first kappa shape index (κ1) is 18.5. The maximum atomic E-state index is 12.8. The fourth-order valence-electron chi connectivity index (χ4n) is 2.99. The number of nitrogens with one attached hydrogen (secondary N) is 1. The zero-order chi connectivity index (χ0) is 18.1. The Morgan fingerprint density at radius 2 is 2.04 bits per heavy atom. The molecule has 0 aliphatic heterocycles. The van der Waals surface area contributed by atoms with E-state index in [4.69, 9.17) is 4.98 Å². The number of amides is 1. The largest absolute Gasteiger partial charge is 0.353 e. The highest BCUT2D eigenvalue weighted by molar-refractivity contribution is 7.99. The van der Waals surface area contributed by atoms with Gasteiger partial charge in [0.15, 0.2) is 5.16 Å². The second-order valence-electron chi connectivity index (χ2n) is 7.04. The summed E-state index contributed by atoms with van der Waals surface area (Å²) in [6, 6.07) is 0.136. The summed E-state index contributed by atoms with van der Waals surface area (Å²) >= 11 is 2.98. The molecule has 0 fully saturated rings. The molecular formula is C18H25N3O2S2. The zero-order valence-electron chi connectivity index (χ0n) is 15.2. The lowest BCUT2D eigenvalue weighted by Crippen LogP contribution is -2.37. The Kier molecular flexibility index (Phi) is 5.53. The molecule has 0 radical (unpaired) electrons. The summed E-state index contributed by atoms with van der Waals surface area (Å²) in [5, 5.41) is 4.40. The second-order valence-corrected chi connectivity index (χ2v) is 9.06. The van der Waals surface area contributed by atoms with E-state index in [1.807, 2.05) is 6.92 Å². The van der Waals surface area contributed by atoms with Gasteiger partial charge >= 0.3 is 0 Å². The first-order valence-corrected chi connectivity index (χ1v) is 10.6. The summed E-state index contributed by atoms with van der Waals surface area (Å²) in [6.45, 7) is 6.16. The first-order chi connectivity index (χ1) is 11.9. The van der Waals surface area contributed by atoms with Gasteiger partial charge in [-0.25, -0.2) is 4.98 Å². The van der Waals surface area contributed by atoms with Crippen LogP contribution < -0.4 is 10.9 Å². The number of hydrogen-bond acceptors (Lipinski definition) is 5. The number of carbonyl (C=O) groups excluding carboxylic acids is 1. The highest BCUT2D eigenvalue weighted by atomic mass is 32.2. The smallest absolute Gasteiger partial charge is 0.262 e. The minimum absolute atomic E-state index is 0.0165. The van der Waals surface area contributed by atoms with Gasteiger partial charge in [0.05, 0.1) is 11.1 Å². The van der Waals surface area contributed by atoms with Crippen molar-refractivity contribution in [1.82, 2.24) is 14.9 Å². The van der Waals surface area contributed by atoms with Crippen molar-refractivity contribution in [3.8, 4) is 0 Å². The molecule has 7 heteroatoms. The van der Waals surface area contributed by atoms with Crippen LogP contribution in [-0.2, 0) is 24.7 Å². The third-order valence-electron chi connectivity index (χ3n) is 4.88. The topological polar surface area (TPSA) is 64.0 Å². The predicted octanol–water partition coefficient (Wildman–Crippen LogP) is 3.13. The van der Waals surface area contributed by atoms with E-state index in [2.05, 4.69) is 19.2 Å². The summed E-state index contributed by atoms with van der Waals surface area (Å²) in [4.78, 5) is 31.8. The van der Waals surface area contributed by atoms with Gasteiger partial charge in [0.25, 0.3) is 5.56 Å². The number of rotatable bonds is 5. The van der Waals surface area contributed by atoms with E-state index in [1.165, 1.54) is 28.6 Å². The molecule has 0 aromatic carbocycles. The van der Waals surface area contributed by atoms with Crippen LogP contribution in [0.1, 0.15) is 44.1 Å². The zero-order valence-corrected chi connectivity index (χ0v) is 16.9. The molecule has 2 aromatic heterocycles. The van der Waals surface area contributed by atoms with Crippen molar-refractivity contribution in [3.05, 3.63) is 20.8 Å². The molecule has 0 saturated heterocycles. The molecule has 0 spiro atoms. The maximum Gasteiger partial charge on any atom is 0.262 e. The minimum atomic E-state index is -0.0222. The standard InChI is InChI=1S/C18H25N3O2S2/c1-10(2)11(3)19-14(22)9-24-18-20-16-15(17(23)21(18)4)12-7-5-6-8-13(12)25-16/h10-11H,5-9H2,1-4H3,(H,19,22)/t11-/m0/s1. The fraction of sp³-hybridized carbons (Fsp3) is 0.611. The Morgan fingerprint density at radius 3 is 2.76 bits per heavy atom. The summed E-state index contributed by atoms with van der Waals surface area (Å²) < 4.78 is 1.59. The van der Waals surface area contributed by atoms with Crippen molar-refractivity contribution in [3.63, 3.8) is 0 Å². The number of aromatic nitrogens is 2. The van der Waals surface area contributed by atoms with Crippen LogP contribution >= 0.6 is 23.1 Å². The minimum Gasteiger partial charge on any atom is -0.353 e. The number of aryl methyl sites for hydroxylation is 2. The Bertz CT molecular complexity index is 854. The summed E-state index contributed by atoms with van der Waals surface area (Å²) in [5.74, 6) is 0.643. The van der Waals surface area contributed by atoms with Crippen molar-refractivity contribution in [2.45, 2.75) is 57.7 Å². The van der Waals surface area contributed by atoms with Crippen LogP contribution in [0.15, 0.2) is 9.95 Å². The van der Waals surface area contributed by atoms with E-state index in [9.17, 15) is 9.59 Å². The molecule has 0 saturated carbocycles. The third-order valence-corrected chi connectivity index (χ3v) is 7.09. The molecule has 1 aliphatic carbocycles. The normalized spacial score (nSPS) is 15.4. The molecule has 5 nitrogen and oxygen atoms in total. The van der Waals surface area contributed by atoms with Gasteiger partial charge in [0, 0.05) is 18.0 Å². The van der Waals surface area contributed by atoms with Crippen LogP contribution in [0.4, 0.5) is 0 Å². The monoisotopic (exact) mass is 379 g/mol. The van der Waals surface area contributed by atoms with Crippen LogP contribution in [-0.4, -0.2) is 27.3 Å². The second kappa shape index (κ2) is 7.50. The molecule has 3 rings (SSSR count). The van der Waals surface area contributed by atoms with Gasteiger partial charge in [-0.2, -0.15) is 0 Å². The Labute approximate surface area is 156 Å². The van der Waals surface area contributed by atoms with Crippen LogP contribution in [0.3, 0.4) is 0 Å². The number of carbonyl (C=O) groups is 1. The van der Waals surface area contributed by atoms with Gasteiger partial charge in [0.1, 0.15) is 4.83 Å². The Balaban J connectivity index is 1.82. The summed E-state index contributed by atoms with van der Waals surface area (Å²) in [5.41, 5.74) is 1.22. The molecule has 1 atom stereocenters. The quantitative estimate of drug-likeness (QED) is 0.640. The summed E-state index contributed by atoms with van der Waals surface area (Å²) in [7, 11) is 1.75. The lowest BCUT2D eigenvalue weighted by Gasteiger charge is -2.17. The number of thioether (sulfide) groups is 1. The molecule has 2 heterocycles. The van der Waals surface area contributed by atoms with Crippen molar-refractivity contribution < 1.29 is 4.79 Å². The molecule has 0 unspecified atom stereocenters. The Hall–Kier alpha value is -1.34. The average Bonchev–Trinajstić information content (AvgIpc) is 2.95. The fourth-order valence-corrected chi connectivity index (χ4v) is 5.07. The lowest BCUT2D eigenvalue weighted by molar-refractivity contribution is -0.119. The molecule has 25 heavy (non-hydrogen) atoms. The van der Waals surface area contributed by atoms with Crippen LogP contribution in [0.5, 0.6) is 0 Å². The van der Waals surface area contributed by atoms with Gasteiger partial charge in [-0.1, -0.05) is 25.6 Å². The molecule has 2 aromatic rings. The number of fused-ring (bicyclic) bond motifs is 3. The summed E-state index contributed by atoms with van der Waals surface area (Å²) in [6.07, 6.45) is 4.37. The van der Waals surface area contributed by atoms with Crippen molar-refractivity contribution in [2.75, 3.05) is 5.75 Å². The van der Waals surface area contributed by atoms with Crippen LogP contribution in [0.25, 0.3) is 10.2 Å². The molecule has 1 aliphatic rings. The number of nitrogens with zero attached hydrogens (tertiary/aromatic N) is 2. The third kappa shape index (κ3) is 3.77. The van der Waals surface area contributed by atoms with Gasteiger partial charge < -0.3 is 5.32 Å². The van der Waals surface area contributed by atoms with E-state index in [1.54, 1.807) is 23.0 Å². The van der Waals surface area contributed by atoms with Crippen molar-refractivity contribution in [1.29, 1.82) is 0 Å². The molecular weight excluding hydrogens is 354 g/mol. The van der Waals surface area contributed by atoms with E-state index in [-0.39, 0.29) is 23.3 Å².